The minimum Gasteiger partial charge on any atom is -0.382 e. The van der Waals surface area contributed by atoms with Gasteiger partial charge in [0.25, 0.3) is 5.91 Å². The van der Waals surface area contributed by atoms with Crippen molar-refractivity contribution >= 4 is 28.5 Å². The summed E-state index contributed by atoms with van der Waals surface area (Å²) in [4.78, 5) is 40.3. The maximum absolute atomic E-state index is 12.4. The van der Waals surface area contributed by atoms with E-state index in [1.165, 1.54) is 6.20 Å². The van der Waals surface area contributed by atoms with Gasteiger partial charge in [0, 0.05) is 5.41 Å². The Balaban J connectivity index is 1.87. The van der Waals surface area contributed by atoms with Crippen LogP contribution in [0.3, 0.4) is 0 Å². The van der Waals surface area contributed by atoms with Crippen LogP contribution in [0.15, 0.2) is 24.4 Å². The number of carbonyl (C=O) groups is 2. The summed E-state index contributed by atoms with van der Waals surface area (Å²) < 4.78 is 0. The van der Waals surface area contributed by atoms with Gasteiger partial charge >= 0.3 is 0 Å². The second-order valence-corrected chi connectivity index (χ2v) is 7.45. The lowest BCUT2D eigenvalue weighted by Gasteiger charge is -2.16. The third kappa shape index (κ3) is 3.94. The molecule has 1 aromatic carbocycles. The predicted molar refractivity (Wildman–Crippen MR) is 103 cm³/mol. The average molecular weight is 366 g/mol. The first-order valence-electron chi connectivity index (χ1n) is 8.56. The van der Waals surface area contributed by atoms with Gasteiger partial charge in [-0.25, -0.2) is 15.0 Å². The second-order valence-electron chi connectivity index (χ2n) is 7.45. The normalized spacial score (nSPS) is 11.6. The molecule has 8 nitrogen and oxygen atoms in total. The molecule has 2 heterocycles. The van der Waals surface area contributed by atoms with E-state index in [-0.39, 0.29) is 23.8 Å². The van der Waals surface area contributed by atoms with Crippen molar-refractivity contribution in [3.05, 3.63) is 35.7 Å². The molecule has 2 aromatic heterocycles. The lowest BCUT2D eigenvalue weighted by Crippen LogP contribution is -2.35. The first-order valence-corrected chi connectivity index (χ1v) is 8.56. The number of nitrogens with one attached hydrogen (secondary N) is 2. The highest BCUT2D eigenvalue weighted by Crippen LogP contribution is 2.23. The molecule has 0 saturated carbocycles. The highest BCUT2D eigenvalue weighted by atomic mass is 16.2. The van der Waals surface area contributed by atoms with E-state index < -0.39 is 11.3 Å². The number of aryl methyl sites for hydroxylation is 1. The van der Waals surface area contributed by atoms with Crippen LogP contribution in [0.1, 0.15) is 36.8 Å². The van der Waals surface area contributed by atoms with Gasteiger partial charge in [-0.15, -0.1) is 0 Å². The first kappa shape index (κ1) is 18.5. The van der Waals surface area contributed by atoms with E-state index >= 15 is 0 Å². The van der Waals surface area contributed by atoms with Gasteiger partial charge in [-0.05, 0) is 24.6 Å². The molecule has 140 valence electrons. The van der Waals surface area contributed by atoms with Crippen molar-refractivity contribution < 1.29 is 9.59 Å². The van der Waals surface area contributed by atoms with Crippen molar-refractivity contribution in [2.24, 2.45) is 5.41 Å². The van der Waals surface area contributed by atoms with E-state index in [1.54, 1.807) is 20.8 Å². The number of benzene rings is 1. The van der Waals surface area contributed by atoms with Gasteiger partial charge in [-0.2, -0.15) is 0 Å². The van der Waals surface area contributed by atoms with E-state index in [4.69, 9.17) is 5.73 Å². The summed E-state index contributed by atoms with van der Waals surface area (Å²) >= 11 is 0. The monoisotopic (exact) mass is 366 g/mol. The van der Waals surface area contributed by atoms with E-state index in [0.717, 1.165) is 16.6 Å². The van der Waals surface area contributed by atoms with Crippen LogP contribution in [-0.4, -0.2) is 38.2 Å². The van der Waals surface area contributed by atoms with Gasteiger partial charge in [0.2, 0.25) is 0 Å². The zero-order valence-corrected chi connectivity index (χ0v) is 15.8. The molecule has 0 bridgehead atoms. The number of rotatable bonds is 4. The Morgan fingerprint density at radius 1 is 1.22 bits per heavy atom. The van der Waals surface area contributed by atoms with Crippen molar-refractivity contribution in [1.29, 1.82) is 0 Å². The number of Topliss-reactive ketones (excluding diaryl/α,β-unsaturated/α-hetero) is 1. The van der Waals surface area contributed by atoms with Crippen molar-refractivity contribution in [2.75, 3.05) is 12.3 Å². The predicted octanol–water partition coefficient (Wildman–Crippen LogP) is 2.26. The van der Waals surface area contributed by atoms with Gasteiger partial charge in [0.05, 0.1) is 23.8 Å². The molecule has 0 atom stereocenters. The Kier molecular flexibility index (Phi) is 4.65. The smallest absolute Gasteiger partial charge is 0.271 e. The third-order valence-corrected chi connectivity index (χ3v) is 4.14. The number of amides is 1. The Hall–Kier alpha value is -3.29. The zero-order chi connectivity index (χ0) is 19.8. The molecule has 0 aliphatic carbocycles. The Morgan fingerprint density at radius 3 is 2.67 bits per heavy atom. The maximum atomic E-state index is 12.4. The molecule has 0 unspecified atom stereocenters. The standard InChI is InChI=1S/C19H22N6O2/c1-10-5-6-11-12(7-10)25-17(24-11)15-16(20)21-8-13(23-15)18(27)22-9-14(26)19(2,3)4/h5-8H,9H2,1-4H3,(H2,20,21)(H,22,27)(H,24,25). The topological polar surface area (TPSA) is 127 Å². The number of carbonyl (C=O) groups excluding carboxylic acids is 2. The van der Waals surface area contributed by atoms with Crippen LogP contribution in [0.5, 0.6) is 0 Å². The van der Waals surface area contributed by atoms with Crippen molar-refractivity contribution in [3.63, 3.8) is 0 Å². The largest absolute Gasteiger partial charge is 0.382 e. The molecule has 1 amide bonds. The molecule has 8 heteroatoms. The van der Waals surface area contributed by atoms with E-state index in [0.29, 0.717) is 11.5 Å². The summed E-state index contributed by atoms with van der Waals surface area (Å²) in [6.07, 6.45) is 1.28. The van der Waals surface area contributed by atoms with Crippen LogP contribution in [0.4, 0.5) is 5.82 Å². The number of nitrogens with zero attached hydrogens (tertiary/aromatic N) is 3. The molecule has 0 aliphatic rings. The first-order chi connectivity index (χ1) is 12.6. The number of ketones is 1. The molecule has 0 spiro atoms. The minimum absolute atomic E-state index is 0.0672. The number of hydrogen-bond acceptors (Lipinski definition) is 6. The number of nitrogens with two attached hydrogens (primary N) is 1. The SMILES string of the molecule is Cc1ccc2nc(-c3nc(C(=O)NCC(=O)C(C)(C)C)cnc3N)[nH]c2c1. The van der Waals surface area contributed by atoms with Gasteiger partial charge in [-0.1, -0.05) is 26.8 Å². The van der Waals surface area contributed by atoms with Gasteiger partial charge in [-0.3, -0.25) is 9.59 Å². The molecular weight excluding hydrogens is 344 g/mol. The highest BCUT2D eigenvalue weighted by Gasteiger charge is 2.22. The molecule has 0 aliphatic heterocycles. The molecule has 4 N–H and O–H groups in total. The quantitative estimate of drug-likeness (QED) is 0.650. The Bertz CT molecular complexity index is 1030. The fourth-order valence-corrected chi connectivity index (χ4v) is 2.43. The van der Waals surface area contributed by atoms with Crippen LogP contribution in [0.25, 0.3) is 22.6 Å². The zero-order valence-electron chi connectivity index (χ0n) is 15.8. The highest BCUT2D eigenvalue weighted by molar-refractivity contribution is 5.96. The summed E-state index contributed by atoms with van der Waals surface area (Å²) in [6.45, 7) is 7.30. The van der Waals surface area contributed by atoms with Crippen LogP contribution in [-0.2, 0) is 4.79 Å². The molecular formula is C19H22N6O2. The number of aromatic nitrogens is 4. The van der Waals surface area contributed by atoms with Crippen LogP contribution >= 0.6 is 0 Å². The Morgan fingerprint density at radius 2 is 1.96 bits per heavy atom. The lowest BCUT2D eigenvalue weighted by atomic mass is 9.91. The maximum Gasteiger partial charge on any atom is 0.271 e. The van der Waals surface area contributed by atoms with Crippen LogP contribution < -0.4 is 11.1 Å². The lowest BCUT2D eigenvalue weighted by molar-refractivity contribution is -0.125. The number of imidazole rings is 1. The molecule has 0 fully saturated rings. The summed E-state index contributed by atoms with van der Waals surface area (Å²) in [5.41, 5.74) is 8.46. The number of aromatic amines is 1. The van der Waals surface area contributed by atoms with E-state index in [1.807, 2.05) is 25.1 Å². The summed E-state index contributed by atoms with van der Waals surface area (Å²) in [6, 6.07) is 5.81. The number of anilines is 1. The molecule has 3 rings (SSSR count). The number of H-pyrrole nitrogens is 1. The average Bonchev–Trinajstić information content (AvgIpc) is 3.01. The Labute approximate surface area is 156 Å². The summed E-state index contributed by atoms with van der Waals surface area (Å²) in [5, 5.41) is 2.58. The summed E-state index contributed by atoms with van der Waals surface area (Å²) in [5.74, 6) is 0.0227. The molecule has 0 radical (unpaired) electrons. The number of nitrogen functional groups attached to an aromatic ring is 1. The second kappa shape index (κ2) is 6.79. The summed E-state index contributed by atoms with van der Waals surface area (Å²) in [7, 11) is 0. The van der Waals surface area contributed by atoms with Gasteiger partial charge in [0.15, 0.2) is 17.4 Å². The van der Waals surface area contributed by atoms with Crippen molar-refractivity contribution in [2.45, 2.75) is 27.7 Å². The van der Waals surface area contributed by atoms with E-state index in [2.05, 4.69) is 25.3 Å². The fraction of sp³-hybridized carbons (Fsp3) is 0.316. The third-order valence-electron chi connectivity index (χ3n) is 4.14. The minimum atomic E-state index is -0.530. The van der Waals surface area contributed by atoms with Crippen molar-refractivity contribution in [1.82, 2.24) is 25.3 Å². The fourth-order valence-electron chi connectivity index (χ4n) is 2.43. The number of fused-ring (bicyclic) bond motifs is 1. The van der Waals surface area contributed by atoms with Gasteiger partial charge in [0.1, 0.15) is 11.4 Å². The van der Waals surface area contributed by atoms with Gasteiger partial charge < -0.3 is 16.0 Å². The molecule has 0 saturated heterocycles. The van der Waals surface area contributed by atoms with E-state index in [9.17, 15) is 9.59 Å². The van der Waals surface area contributed by atoms with Crippen LogP contribution in [0.2, 0.25) is 0 Å². The molecule has 3 aromatic rings. The van der Waals surface area contributed by atoms with Crippen molar-refractivity contribution in [3.8, 4) is 11.5 Å². The van der Waals surface area contributed by atoms with Crippen LogP contribution in [0, 0.1) is 12.3 Å². The number of hydrogen-bond donors (Lipinski definition) is 3. The molecule has 27 heavy (non-hydrogen) atoms.